The lowest BCUT2D eigenvalue weighted by atomic mass is 9.86. The second-order valence-corrected chi connectivity index (χ2v) is 4.90. The van der Waals surface area contributed by atoms with Crippen LogP contribution >= 0.6 is 0 Å². The number of hydrogen-bond donors (Lipinski definition) is 1. The van der Waals surface area contributed by atoms with Crippen LogP contribution in [-0.4, -0.2) is 22.8 Å². The van der Waals surface area contributed by atoms with Crippen molar-refractivity contribution in [3.63, 3.8) is 0 Å². The molecule has 3 heteroatoms. The third-order valence-electron chi connectivity index (χ3n) is 3.55. The van der Waals surface area contributed by atoms with Gasteiger partial charge in [-0.3, -0.25) is 0 Å². The van der Waals surface area contributed by atoms with Crippen molar-refractivity contribution in [3.05, 3.63) is 0 Å². The Hall–Kier alpha value is -0.570. The summed E-state index contributed by atoms with van der Waals surface area (Å²) in [5.74, 6) is -0.769. The molecule has 0 aliphatic heterocycles. The molecule has 0 saturated heterocycles. The van der Waals surface area contributed by atoms with E-state index in [0.717, 1.165) is 32.1 Å². The zero-order chi connectivity index (χ0) is 12.0. The number of carboxylic acids is 1. The summed E-state index contributed by atoms with van der Waals surface area (Å²) in [5, 5.41) is 9.42. The molecule has 1 N–H and O–H groups in total. The number of carboxylic acid groups (broad SMARTS) is 1. The van der Waals surface area contributed by atoms with Crippen molar-refractivity contribution in [1.29, 1.82) is 0 Å². The minimum atomic E-state index is -0.907. The average Bonchev–Trinajstić information content (AvgIpc) is 2.21. The topological polar surface area (TPSA) is 46.5 Å². The van der Waals surface area contributed by atoms with E-state index in [1.54, 1.807) is 0 Å². The Morgan fingerprint density at radius 2 is 1.75 bits per heavy atom. The summed E-state index contributed by atoms with van der Waals surface area (Å²) in [5.41, 5.74) is -0.907. The molecule has 16 heavy (non-hydrogen) atoms. The van der Waals surface area contributed by atoms with Gasteiger partial charge in [0.15, 0.2) is 5.60 Å². The van der Waals surface area contributed by atoms with Gasteiger partial charge in [-0.25, -0.2) is 4.79 Å². The van der Waals surface area contributed by atoms with E-state index < -0.39 is 11.6 Å². The number of aliphatic carboxylic acids is 1. The molecule has 0 bridgehead atoms. The Morgan fingerprint density at radius 1 is 1.25 bits per heavy atom. The summed E-state index contributed by atoms with van der Waals surface area (Å²) in [6.07, 6.45) is 7.71. The van der Waals surface area contributed by atoms with E-state index in [0.29, 0.717) is 12.8 Å². The first kappa shape index (κ1) is 13.5. The summed E-state index contributed by atoms with van der Waals surface area (Å²) < 4.78 is 5.83. The van der Waals surface area contributed by atoms with Crippen molar-refractivity contribution in [2.75, 3.05) is 0 Å². The highest BCUT2D eigenvalue weighted by Crippen LogP contribution is 2.31. The fourth-order valence-electron chi connectivity index (χ4n) is 2.33. The minimum absolute atomic E-state index is 0.0375. The van der Waals surface area contributed by atoms with Gasteiger partial charge in [0.25, 0.3) is 0 Å². The number of rotatable bonds is 4. The van der Waals surface area contributed by atoms with Gasteiger partial charge in [0.05, 0.1) is 6.10 Å². The molecule has 1 atom stereocenters. The maximum atomic E-state index is 11.5. The lowest BCUT2D eigenvalue weighted by molar-refractivity contribution is -0.177. The molecule has 1 aliphatic carbocycles. The fourth-order valence-corrected chi connectivity index (χ4v) is 2.33. The van der Waals surface area contributed by atoms with Crippen molar-refractivity contribution in [3.8, 4) is 0 Å². The summed E-state index contributed by atoms with van der Waals surface area (Å²) in [4.78, 5) is 11.5. The lowest BCUT2D eigenvalue weighted by Crippen LogP contribution is -2.44. The molecule has 0 aromatic rings. The summed E-state index contributed by atoms with van der Waals surface area (Å²) in [6, 6.07) is 0. The van der Waals surface area contributed by atoms with E-state index in [2.05, 4.69) is 0 Å². The predicted octanol–water partition coefficient (Wildman–Crippen LogP) is 3.37. The monoisotopic (exact) mass is 228 g/mol. The molecule has 0 heterocycles. The largest absolute Gasteiger partial charge is 0.479 e. The van der Waals surface area contributed by atoms with Gasteiger partial charge in [0, 0.05) is 0 Å². The molecular formula is C13H24O3. The second kappa shape index (κ2) is 6.24. The molecule has 0 aromatic heterocycles. The van der Waals surface area contributed by atoms with Gasteiger partial charge in [-0.1, -0.05) is 26.2 Å². The molecule has 1 saturated carbocycles. The Labute approximate surface area is 98.2 Å². The van der Waals surface area contributed by atoms with Crippen LogP contribution in [0.1, 0.15) is 65.2 Å². The molecule has 1 unspecified atom stereocenters. The highest BCUT2D eigenvalue weighted by molar-refractivity contribution is 5.77. The Bertz CT molecular complexity index is 217. The summed E-state index contributed by atoms with van der Waals surface area (Å²) >= 11 is 0. The van der Waals surface area contributed by atoms with Crippen LogP contribution in [0, 0.1) is 0 Å². The van der Waals surface area contributed by atoms with Gasteiger partial charge in [0.1, 0.15) is 0 Å². The minimum Gasteiger partial charge on any atom is -0.479 e. The highest BCUT2D eigenvalue weighted by atomic mass is 16.5. The standard InChI is InChI=1S/C13H24O3/c1-3-11(2)16-13(12(14)15)9-7-5-4-6-8-10-13/h11H,3-10H2,1-2H3,(H,14,15). The molecule has 94 valence electrons. The van der Waals surface area contributed by atoms with E-state index in [-0.39, 0.29) is 6.10 Å². The molecule has 0 amide bonds. The first-order chi connectivity index (χ1) is 7.60. The van der Waals surface area contributed by atoms with E-state index in [9.17, 15) is 9.90 Å². The molecule has 0 spiro atoms. The highest BCUT2D eigenvalue weighted by Gasteiger charge is 2.40. The maximum Gasteiger partial charge on any atom is 0.335 e. The van der Waals surface area contributed by atoms with Gasteiger partial charge in [-0.2, -0.15) is 0 Å². The van der Waals surface area contributed by atoms with Crippen molar-refractivity contribution in [2.24, 2.45) is 0 Å². The zero-order valence-corrected chi connectivity index (χ0v) is 10.5. The zero-order valence-electron chi connectivity index (χ0n) is 10.5. The van der Waals surface area contributed by atoms with Crippen molar-refractivity contribution < 1.29 is 14.6 Å². The summed E-state index contributed by atoms with van der Waals surface area (Å²) in [6.45, 7) is 3.99. The quantitative estimate of drug-likeness (QED) is 0.802. The third-order valence-corrected chi connectivity index (χ3v) is 3.55. The first-order valence-corrected chi connectivity index (χ1v) is 6.52. The molecule has 3 nitrogen and oxygen atoms in total. The smallest absolute Gasteiger partial charge is 0.335 e. The lowest BCUT2D eigenvalue weighted by Gasteiger charge is -2.33. The number of hydrogen-bond acceptors (Lipinski definition) is 2. The molecule has 0 aromatic carbocycles. The van der Waals surface area contributed by atoms with Gasteiger partial charge in [-0.05, 0) is 39.0 Å². The molecule has 1 fully saturated rings. The summed E-state index contributed by atoms with van der Waals surface area (Å²) in [7, 11) is 0. The van der Waals surface area contributed by atoms with E-state index in [1.807, 2.05) is 13.8 Å². The van der Waals surface area contributed by atoms with Crippen LogP contribution in [0.4, 0.5) is 0 Å². The van der Waals surface area contributed by atoms with Crippen molar-refractivity contribution in [2.45, 2.75) is 76.9 Å². The van der Waals surface area contributed by atoms with Gasteiger partial charge in [-0.15, -0.1) is 0 Å². The second-order valence-electron chi connectivity index (χ2n) is 4.90. The maximum absolute atomic E-state index is 11.5. The van der Waals surface area contributed by atoms with Gasteiger partial charge < -0.3 is 9.84 Å². The van der Waals surface area contributed by atoms with Crippen LogP contribution in [0.15, 0.2) is 0 Å². The normalized spacial score (nSPS) is 23.1. The Balaban J connectivity index is 2.71. The van der Waals surface area contributed by atoms with Crippen LogP contribution in [0.2, 0.25) is 0 Å². The van der Waals surface area contributed by atoms with Crippen LogP contribution in [-0.2, 0) is 9.53 Å². The third kappa shape index (κ3) is 3.48. The Morgan fingerprint density at radius 3 is 2.19 bits per heavy atom. The van der Waals surface area contributed by atoms with Gasteiger partial charge >= 0.3 is 5.97 Å². The molecule has 0 radical (unpaired) electrons. The first-order valence-electron chi connectivity index (χ1n) is 6.52. The molecular weight excluding hydrogens is 204 g/mol. The Kier molecular flexibility index (Phi) is 5.26. The van der Waals surface area contributed by atoms with E-state index in [1.165, 1.54) is 6.42 Å². The fraction of sp³-hybridized carbons (Fsp3) is 0.923. The SMILES string of the molecule is CCC(C)OC1(C(=O)O)CCCCCCC1. The molecule has 1 aliphatic rings. The van der Waals surface area contributed by atoms with Crippen molar-refractivity contribution >= 4 is 5.97 Å². The van der Waals surface area contributed by atoms with Crippen LogP contribution in [0.3, 0.4) is 0 Å². The number of ether oxygens (including phenoxy) is 1. The van der Waals surface area contributed by atoms with E-state index >= 15 is 0 Å². The van der Waals surface area contributed by atoms with Crippen LogP contribution < -0.4 is 0 Å². The van der Waals surface area contributed by atoms with E-state index in [4.69, 9.17) is 4.74 Å². The average molecular weight is 228 g/mol. The number of carbonyl (C=O) groups is 1. The van der Waals surface area contributed by atoms with Gasteiger partial charge in [0.2, 0.25) is 0 Å². The predicted molar refractivity (Wildman–Crippen MR) is 63.5 cm³/mol. The van der Waals surface area contributed by atoms with Crippen molar-refractivity contribution in [1.82, 2.24) is 0 Å². The molecule has 1 rings (SSSR count). The van der Waals surface area contributed by atoms with Crippen LogP contribution in [0.5, 0.6) is 0 Å². The van der Waals surface area contributed by atoms with Crippen LogP contribution in [0.25, 0.3) is 0 Å².